The van der Waals surface area contributed by atoms with Gasteiger partial charge in [0.1, 0.15) is 0 Å². The van der Waals surface area contributed by atoms with E-state index >= 15 is 0 Å². The predicted octanol–water partition coefficient (Wildman–Crippen LogP) is 1.96. The maximum atomic E-state index is 5.62. The molecule has 0 aliphatic rings. The Kier molecular flexibility index (Phi) is 5.95. The number of aromatic nitrogens is 1. The smallest absolute Gasteiger partial charge is 0.197 e. The summed E-state index contributed by atoms with van der Waals surface area (Å²) in [6, 6.07) is 0. The first kappa shape index (κ1) is 13.1. The molecule has 0 aliphatic heterocycles. The second kappa shape index (κ2) is 7.29. The van der Waals surface area contributed by atoms with Gasteiger partial charge in [-0.1, -0.05) is 13.3 Å². The van der Waals surface area contributed by atoms with Gasteiger partial charge in [-0.25, -0.2) is 0 Å². The lowest BCUT2D eigenvalue weighted by Crippen LogP contribution is -2.09. The first-order valence-electron chi connectivity index (χ1n) is 5.40. The molecule has 1 aromatic rings. The number of hydrogen-bond donors (Lipinski definition) is 2. The fourth-order valence-corrected chi connectivity index (χ4v) is 1.90. The van der Waals surface area contributed by atoms with Crippen molar-refractivity contribution in [3.8, 4) is 5.75 Å². The first-order chi connectivity index (χ1) is 7.79. The van der Waals surface area contributed by atoms with Crippen molar-refractivity contribution in [2.75, 3.05) is 37.9 Å². The molecule has 0 bridgehead atoms. The highest BCUT2D eigenvalue weighted by atomic mass is 32.1. The van der Waals surface area contributed by atoms with Gasteiger partial charge in [-0.05, 0) is 18.0 Å². The number of nitrogens with two attached hydrogens (primary N) is 1. The molecule has 0 saturated heterocycles. The number of ether oxygens (including phenoxy) is 2. The fourth-order valence-electron chi connectivity index (χ4n) is 1.19. The van der Waals surface area contributed by atoms with Crippen molar-refractivity contribution in [1.82, 2.24) is 4.37 Å². The minimum Gasteiger partial charge on any atom is -0.490 e. The summed E-state index contributed by atoms with van der Waals surface area (Å²) in [5, 5.41) is 4.05. The number of rotatable bonds is 8. The number of nitrogens with zero attached hydrogens (tertiary/aromatic N) is 1. The molecular formula is C10H19N3O2S. The van der Waals surface area contributed by atoms with Gasteiger partial charge in [-0.2, -0.15) is 4.37 Å². The second-order valence-electron chi connectivity index (χ2n) is 3.32. The first-order valence-corrected chi connectivity index (χ1v) is 6.17. The van der Waals surface area contributed by atoms with Crippen LogP contribution in [0.25, 0.3) is 0 Å². The molecule has 0 unspecified atom stereocenters. The van der Waals surface area contributed by atoms with Crippen LogP contribution in [0.15, 0.2) is 0 Å². The number of nitrogen functional groups attached to an aromatic ring is 1. The highest BCUT2D eigenvalue weighted by Gasteiger charge is 2.10. The van der Waals surface area contributed by atoms with Crippen LogP contribution >= 0.6 is 11.5 Å². The molecule has 1 heterocycles. The Labute approximate surface area is 100 Å². The van der Waals surface area contributed by atoms with Crippen LogP contribution in [0.4, 0.5) is 10.8 Å². The molecule has 1 rings (SSSR count). The standard InChI is InChI=1S/C10H19N3O2S/c1-3-4-6-15-7-5-12-10-8(14-2)9(11)13-16-10/h12H,3-7H2,1-2H3,(H2,11,13). The van der Waals surface area contributed by atoms with Crippen LogP contribution < -0.4 is 15.8 Å². The molecule has 0 fully saturated rings. The second-order valence-corrected chi connectivity index (χ2v) is 4.10. The van der Waals surface area contributed by atoms with Gasteiger partial charge in [0, 0.05) is 13.2 Å². The molecule has 0 saturated carbocycles. The van der Waals surface area contributed by atoms with E-state index < -0.39 is 0 Å². The third-order valence-corrected chi connectivity index (χ3v) is 2.85. The quantitative estimate of drug-likeness (QED) is 0.685. The number of unbranched alkanes of at least 4 members (excludes halogenated alkanes) is 1. The van der Waals surface area contributed by atoms with E-state index in [1.165, 1.54) is 11.5 Å². The number of nitrogens with one attached hydrogen (secondary N) is 1. The average molecular weight is 245 g/mol. The van der Waals surface area contributed by atoms with Crippen LogP contribution in [0.1, 0.15) is 19.8 Å². The Balaban J connectivity index is 2.21. The van der Waals surface area contributed by atoms with E-state index in [1.54, 1.807) is 7.11 Å². The zero-order valence-corrected chi connectivity index (χ0v) is 10.6. The molecular weight excluding hydrogens is 226 g/mol. The van der Waals surface area contributed by atoms with Crippen molar-refractivity contribution in [3.05, 3.63) is 0 Å². The minimum absolute atomic E-state index is 0.432. The Bertz CT molecular complexity index is 304. The van der Waals surface area contributed by atoms with Gasteiger partial charge in [-0.3, -0.25) is 0 Å². The summed E-state index contributed by atoms with van der Waals surface area (Å²) >= 11 is 1.30. The maximum absolute atomic E-state index is 5.62. The molecule has 0 spiro atoms. The molecule has 1 aromatic heterocycles. The van der Waals surface area contributed by atoms with Crippen molar-refractivity contribution in [2.24, 2.45) is 0 Å². The van der Waals surface area contributed by atoms with Crippen LogP contribution in [-0.4, -0.2) is 31.2 Å². The van der Waals surface area contributed by atoms with Crippen LogP contribution in [-0.2, 0) is 4.74 Å². The molecule has 0 radical (unpaired) electrons. The summed E-state index contributed by atoms with van der Waals surface area (Å²) in [5.74, 6) is 1.06. The highest BCUT2D eigenvalue weighted by Crippen LogP contribution is 2.34. The van der Waals surface area contributed by atoms with Crippen LogP contribution in [0.3, 0.4) is 0 Å². The van der Waals surface area contributed by atoms with Crippen molar-refractivity contribution < 1.29 is 9.47 Å². The van der Waals surface area contributed by atoms with E-state index in [4.69, 9.17) is 15.2 Å². The summed E-state index contributed by atoms with van der Waals surface area (Å²) in [5.41, 5.74) is 5.62. The third-order valence-electron chi connectivity index (χ3n) is 2.05. The third kappa shape index (κ3) is 3.86. The topological polar surface area (TPSA) is 69.4 Å². The molecule has 0 aliphatic carbocycles. The Morgan fingerprint density at radius 1 is 1.44 bits per heavy atom. The highest BCUT2D eigenvalue weighted by molar-refractivity contribution is 7.11. The lowest BCUT2D eigenvalue weighted by atomic mass is 10.4. The van der Waals surface area contributed by atoms with E-state index in [1.807, 2.05) is 0 Å². The van der Waals surface area contributed by atoms with Crippen molar-refractivity contribution in [2.45, 2.75) is 19.8 Å². The Morgan fingerprint density at radius 2 is 2.25 bits per heavy atom. The van der Waals surface area contributed by atoms with E-state index in [0.29, 0.717) is 18.2 Å². The summed E-state index contributed by atoms with van der Waals surface area (Å²) in [6.45, 7) is 4.38. The number of methoxy groups -OCH3 is 1. The zero-order valence-electron chi connectivity index (χ0n) is 9.78. The van der Waals surface area contributed by atoms with Crippen LogP contribution in [0, 0.1) is 0 Å². The molecule has 92 valence electrons. The summed E-state index contributed by atoms with van der Waals surface area (Å²) in [4.78, 5) is 0. The molecule has 5 nitrogen and oxygen atoms in total. The Hall–Kier alpha value is -1.01. The van der Waals surface area contributed by atoms with Crippen LogP contribution in [0.2, 0.25) is 0 Å². The molecule has 6 heteroatoms. The number of anilines is 2. The Morgan fingerprint density at radius 3 is 2.94 bits per heavy atom. The van der Waals surface area contributed by atoms with Gasteiger partial charge in [0.2, 0.25) is 0 Å². The van der Waals surface area contributed by atoms with Gasteiger partial charge >= 0.3 is 0 Å². The molecule has 0 amide bonds. The SMILES string of the molecule is CCCCOCCNc1snc(N)c1OC. The minimum atomic E-state index is 0.432. The van der Waals surface area contributed by atoms with Gasteiger partial charge in [0.15, 0.2) is 16.6 Å². The molecule has 0 atom stereocenters. The largest absolute Gasteiger partial charge is 0.490 e. The van der Waals surface area contributed by atoms with E-state index in [2.05, 4.69) is 16.6 Å². The molecule has 16 heavy (non-hydrogen) atoms. The lowest BCUT2D eigenvalue weighted by Gasteiger charge is -2.06. The molecule has 3 N–H and O–H groups in total. The van der Waals surface area contributed by atoms with Crippen molar-refractivity contribution in [3.63, 3.8) is 0 Å². The predicted molar refractivity (Wildman–Crippen MR) is 67.3 cm³/mol. The zero-order chi connectivity index (χ0) is 11.8. The average Bonchev–Trinajstić information content (AvgIpc) is 2.64. The summed E-state index contributed by atoms with van der Waals surface area (Å²) < 4.78 is 14.6. The van der Waals surface area contributed by atoms with Crippen LogP contribution in [0.5, 0.6) is 5.75 Å². The van der Waals surface area contributed by atoms with E-state index in [9.17, 15) is 0 Å². The van der Waals surface area contributed by atoms with Crippen molar-refractivity contribution in [1.29, 1.82) is 0 Å². The van der Waals surface area contributed by atoms with E-state index in [-0.39, 0.29) is 0 Å². The number of hydrogen-bond acceptors (Lipinski definition) is 6. The molecule has 0 aromatic carbocycles. The van der Waals surface area contributed by atoms with E-state index in [0.717, 1.165) is 31.0 Å². The fraction of sp³-hybridized carbons (Fsp3) is 0.700. The van der Waals surface area contributed by atoms with Crippen molar-refractivity contribution >= 4 is 22.4 Å². The monoisotopic (exact) mass is 245 g/mol. The lowest BCUT2D eigenvalue weighted by molar-refractivity contribution is 0.141. The van der Waals surface area contributed by atoms with Gasteiger partial charge in [0.05, 0.1) is 13.7 Å². The summed E-state index contributed by atoms with van der Waals surface area (Å²) in [7, 11) is 1.59. The van der Waals surface area contributed by atoms with Gasteiger partial charge in [0.25, 0.3) is 0 Å². The normalized spacial score (nSPS) is 10.4. The van der Waals surface area contributed by atoms with Gasteiger partial charge < -0.3 is 20.5 Å². The van der Waals surface area contributed by atoms with Gasteiger partial charge in [-0.15, -0.1) is 0 Å². The maximum Gasteiger partial charge on any atom is 0.197 e. The summed E-state index contributed by atoms with van der Waals surface area (Å²) in [6.07, 6.45) is 2.27.